The Labute approximate surface area is 221 Å². The molecule has 184 valence electrons. The van der Waals surface area contributed by atoms with E-state index in [0.29, 0.717) is 29.4 Å². The second-order valence-corrected chi connectivity index (χ2v) is 9.95. The van der Waals surface area contributed by atoms with Crippen LogP contribution in [0.5, 0.6) is 0 Å². The van der Waals surface area contributed by atoms with E-state index in [1.165, 1.54) is 12.1 Å². The summed E-state index contributed by atoms with van der Waals surface area (Å²) in [5, 5.41) is 5.29. The Balaban J connectivity index is 1.53. The number of anilines is 1. The van der Waals surface area contributed by atoms with Crippen molar-refractivity contribution in [3.05, 3.63) is 99.4 Å². The molecule has 1 saturated heterocycles. The van der Waals surface area contributed by atoms with Crippen molar-refractivity contribution >= 4 is 39.1 Å². The minimum Gasteiger partial charge on any atom is -0.398 e. The van der Waals surface area contributed by atoms with Crippen molar-refractivity contribution < 1.29 is 13.9 Å². The zero-order chi connectivity index (χ0) is 25.4. The smallest absolute Gasteiger partial charge is 0.253 e. The minimum absolute atomic E-state index is 0.108. The first-order valence-corrected chi connectivity index (χ1v) is 12.6. The van der Waals surface area contributed by atoms with Gasteiger partial charge in [0.05, 0.1) is 16.4 Å². The Hall–Kier alpha value is -3.20. The van der Waals surface area contributed by atoms with Gasteiger partial charge in [-0.3, -0.25) is 4.79 Å². The topological polar surface area (TPSA) is 73.4 Å². The molecule has 0 aliphatic carbocycles. The van der Waals surface area contributed by atoms with Crippen LogP contribution in [-0.2, 0) is 16.0 Å². The molecule has 0 radical (unpaired) electrons. The molecule has 0 saturated carbocycles. The fourth-order valence-corrected chi connectivity index (χ4v) is 4.71. The van der Waals surface area contributed by atoms with Gasteiger partial charge in [0.15, 0.2) is 6.23 Å². The third-order valence-corrected chi connectivity index (χ3v) is 7.03. The Bertz CT molecular complexity index is 1410. The van der Waals surface area contributed by atoms with E-state index in [9.17, 15) is 9.18 Å². The van der Waals surface area contributed by atoms with Crippen molar-refractivity contribution in [1.29, 1.82) is 0 Å². The quantitative estimate of drug-likeness (QED) is 0.282. The van der Waals surface area contributed by atoms with Crippen molar-refractivity contribution in [2.24, 2.45) is 0 Å². The number of nitrogens with zero attached hydrogens (tertiary/aromatic N) is 3. The van der Waals surface area contributed by atoms with Gasteiger partial charge in [0.1, 0.15) is 17.6 Å². The predicted molar refractivity (Wildman–Crippen MR) is 141 cm³/mol. The molecule has 36 heavy (non-hydrogen) atoms. The molecule has 1 aliphatic rings. The maximum absolute atomic E-state index is 13.7. The largest absolute Gasteiger partial charge is 0.398 e. The third kappa shape index (κ3) is 4.89. The first-order valence-electron chi connectivity index (χ1n) is 11.4. The molecular weight excluding hydrogens is 547 g/mol. The Morgan fingerprint density at radius 3 is 2.53 bits per heavy atom. The van der Waals surface area contributed by atoms with Crippen LogP contribution in [0.15, 0.2) is 77.4 Å². The molecule has 4 aromatic rings. The molecule has 5 rings (SSSR count). The lowest BCUT2D eigenvalue weighted by Gasteiger charge is -2.23. The molecule has 0 spiro atoms. The Kier molecular flexibility index (Phi) is 6.83. The number of aromatic nitrogens is 2. The van der Waals surface area contributed by atoms with Crippen molar-refractivity contribution in [1.82, 2.24) is 14.7 Å². The maximum atomic E-state index is 13.7. The zero-order valence-corrected chi connectivity index (χ0v) is 21.7. The average Bonchev–Trinajstić information content (AvgIpc) is 3.42. The molecule has 1 aromatic heterocycles. The monoisotopic (exact) mass is 568 g/mol. The standard InChI is InChI=1S/C27H23BrClFN4O2/c1-16-26(35)33(13-12-17-2-11-24(31)23(29)14-17)27(36-16)22-15-34(21-9-5-19(28)6-10-21)32-25(22)18-3-7-20(30)8-4-18/h2-11,14-16,27H,12-13,31H2,1H3. The highest BCUT2D eigenvalue weighted by Crippen LogP contribution is 2.37. The van der Waals surface area contributed by atoms with Crippen LogP contribution in [0.1, 0.15) is 24.3 Å². The highest BCUT2D eigenvalue weighted by atomic mass is 79.9. The van der Waals surface area contributed by atoms with Gasteiger partial charge in [0.2, 0.25) is 0 Å². The lowest BCUT2D eigenvalue weighted by molar-refractivity contribution is -0.130. The summed E-state index contributed by atoms with van der Waals surface area (Å²) in [5.74, 6) is -0.444. The fraction of sp³-hybridized carbons (Fsp3) is 0.185. The molecule has 1 aliphatic heterocycles. The molecule has 1 amide bonds. The molecule has 2 heterocycles. The number of halogens is 3. The van der Waals surface area contributed by atoms with E-state index < -0.39 is 12.3 Å². The average molecular weight is 570 g/mol. The minimum atomic E-state index is -0.652. The second kappa shape index (κ2) is 10.0. The summed E-state index contributed by atoms with van der Waals surface area (Å²) in [6, 6.07) is 19.3. The predicted octanol–water partition coefficient (Wildman–Crippen LogP) is 6.17. The van der Waals surface area contributed by atoms with E-state index in [-0.39, 0.29) is 11.7 Å². The van der Waals surface area contributed by atoms with Crippen molar-refractivity contribution in [2.75, 3.05) is 12.3 Å². The van der Waals surface area contributed by atoms with E-state index in [1.807, 2.05) is 42.6 Å². The number of nitrogen functional groups attached to an aromatic ring is 1. The van der Waals surface area contributed by atoms with Gasteiger partial charge < -0.3 is 15.4 Å². The van der Waals surface area contributed by atoms with Gasteiger partial charge >= 0.3 is 0 Å². The van der Waals surface area contributed by atoms with E-state index >= 15 is 0 Å². The lowest BCUT2D eigenvalue weighted by atomic mass is 10.1. The van der Waals surface area contributed by atoms with Gasteiger partial charge in [-0.2, -0.15) is 5.10 Å². The molecule has 9 heteroatoms. The summed E-state index contributed by atoms with van der Waals surface area (Å²) in [5.41, 5.74) is 10.2. The zero-order valence-electron chi connectivity index (χ0n) is 19.4. The number of benzene rings is 3. The Morgan fingerprint density at radius 1 is 1.11 bits per heavy atom. The van der Waals surface area contributed by atoms with Crippen LogP contribution in [0.4, 0.5) is 10.1 Å². The molecular formula is C27H23BrClFN4O2. The normalized spacial score (nSPS) is 17.7. The van der Waals surface area contributed by atoms with E-state index in [2.05, 4.69) is 15.9 Å². The Morgan fingerprint density at radius 2 is 1.83 bits per heavy atom. The van der Waals surface area contributed by atoms with Crippen LogP contribution in [0.25, 0.3) is 16.9 Å². The van der Waals surface area contributed by atoms with Gasteiger partial charge in [-0.05, 0) is 79.6 Å². The number of amides is 1. The number of hydrogen-bond donors (Lipinski definition) is 1. The number of carbonyl (C=O) groups excluding carboxylic acids is 1. The van der Waals surface area contributed by atoms with Crippen LogP contribution in [-0.4, -0.2) is 33.2 Å². The maximum Gasteiger partial charge on any atom is 0.253 e. The molecule has 2 atom stereocenters. The molecule has 0 bridgehead atoms. The van der Waals surface area contributed by atoms with Crippen LogP contribution in [0.2, 0.25) is 5.02 Å². The van der Waals surface area contributed by atoms with Crippen molar-refractivity contribution in [3.63, 3.8) is 0 Å². The lowest BCUT2D eigenvalue weighted by Crippen LogP contribution is -2.32. The van der Waals surface area contributed by atoms with E-state index in [4.69, 9.17) is 27.2 Å². The van der Waals surface area contributed by atoms with Crippen LogP contribution >= 0.6 is 27.5 Å². The summed E-state index contributed by atoms with van der Waals surface area (Å²) < 4.78 is 22.5. The molecule has 1 fully saturated rings. The third-order valence-electron chi connectivity index (χ3n) is 6.17. The number of carbonyl (C=O) groups is 1. The van der Waals surface area contributed by atoms with Crippen LogP contribution in [0.3, 0.4) is 0 Å². The van der Waals surface area contributed by atoms with E-state index in [1.54, 1.807) is 34.7 Å². The van der Waals surface area contributed by atoms with Gasteiger partial charge in [-0.1, -0.05) is 33.6 Å². The highest BCUT2D eigenvalue weighted by Gasteiger charge is 2.40. The number of ether oxygens (including phenoxy) is 1. The van der Waals surface area contributed by atoms with Crippen LogP contribution in [0, 0.1) is 5.82 Å². The summed E-state index contributed by atoms with van der Waals surface area (Å²) in [6.45, 7) is 2.16. The molecule has 6 nitrogen and oxygen atoms in total. The van der Waals surface area contributed by atoms with Crippen LogP contribution < -0.4 is 5.73 Å². The van der Waals surface area contributed by atoms with Gasteiger partial charge in [0.25, 0.3) is 5.91 Å². The summed E-state index contributed by atoms with van der Waals surface area (Å²) >= 11 is 9.64. The van der Waals surface area contributed by atoms with E-state index in [0.717, 1.165) is 26.9 Å². The summed E-state index contributed by atoms with van der Waals surface area (Å²) in [4.78, 5) is 14.8. The van der Waals surface area contributed by atoms with Crippen molar-refractivity contribution in [3.8, 4) is 16.9 Å². The number of nitrogens with two attached hydrogens (primary N) is 1. The number of hydrogen-bond acceptors (Lipinski definition) is 4. The van der Waals surface area contributed by atoms with Gasteiger partial charge in [0, 0.05) is 28.3 Å². The first kappa shape index (κ1) is 24.5. The molecule has 2 unspecified atom stereocenters. The summed E-state index contributed by atoms with van der Waals surface area (Å²) in [7, 11) is 0. The van der Waals surface area contributed by atoms with Crippen molar-refractivity contribution in [2.45, 2.75) is 25.7 Å². The molecule has 2 N–H and O–H groups in total. The fourth-order valence-electron chi connectivity index (χ4n) is 4.24. The number of rotatable bonds is 6. The van der Waals surface area contributed by atoms with Gasteiger partial charge in [-0.25, -0.2) is 9.07 Å². The second-order valence-electron chi connectivity index (χ2n) is 8.63. The van der Waals surface area contributed by atoms with Gasteiger partial charge in [-0.15, -0.1) is 0 Å². The molecule has 3 aromatic carbocycles. The SMILES string of the molecule is CC1OC(c2cn(-c3ccc(Br)cc3)nc2-c2ccc(F)cc2)N(CCc2ccc(N)c(Cl)c2)C1=O. The first-order chi connectivity index (χ1) is 17.3. The summed E-state index contributed by atoms with van der Waals surface area (Å²) in [6.07, 6.45) is 1.18. The highest BCUT2D eigenvalue weighted by molar-refractivity contribution is 9.10.